The summed E-state index contributed by atoms with van der Waals surface area (Å²) in [6, 6.07) is 12.6. The first-order chi connectivity index (χ1) is 10.3. The van der Waals surface area contributed by atoms with Gasteiger partial charge in [0.25, 0.3) is 0 Å². The van der Waals surface area contributed by atoms with Crippen LogP contribution in [0.25, 0.3) is 11.0 Å². The third kappa shape index (κ3) is 3.08. The highest BCUT2D eigenvalue weighted by Gasteiger charge is 2.14. The maximum absolute atomic E-state index is 6.27. The lowest BCUT2D eigenvalue weighted by atomic mass is 10.1. The van der Waals surface area contributed by atoms with Crippen molar-refractivity contribution in [1.82, 2.24) is 14.5 Å². The predicted molar refractivity (Wildman–Crippen MR) is 86.6 cm³/mol. The largest absolute Gasteiger partial charge is 0.327 e. The molecule has 0 aliphatic carbocycles. The molecule has 0 aliphatic rings. The van der Waals surface area contributed by atoms with Crippen molar-refractivity contribution >= 4 is 22.6 Å². The number of imidazole rings is 1. The van der Waals surface area contributed by atoms with E-state index in [0.29, 0.717) is 0 Å². The Balaban J connectivity index is 1.81. The summed E-state index contributed by atoms with van der Waals surface area (Å²) in [5, 5.41) is -0.103. The molecular weight excluding hydrogens is 282 g/mol. The first kappa shape index (κ1) is 14.1. The molecule has 108 valence electrons. The van der Waals surface area contributed by atoms with Crippen molar-refractivity contribution in [2.75, 3.05) is 0 Å². The van der Waals surface area contributed by atoms with Crippen molar-refractivity contribution in [3.05, 3.63) is 60.2 Å². The van der Waals surface area contributed by atoms with Crippen LogP contribution in [0.2, 0.25) is 0 Å². The quantitative estimate of drug-likeness (QED) is 0.655. The van der Waals surface area contributed by atoms with Crippen LogP contribution in [0, 0.1) is 0 Å². The number of nitrogens with zero attached hydrogens (tertiary/aromatic N) is 3. The monoisotopic (exact) mass is 299 g/mol. The van der Waals surface area contributed by atoms with E-state index in [9.17, 15) is 0 Å². The number of aryl methyl sites for hydroxylation is 2. The van der Waals surface area contributed by atoms with Gasteiger partial charge in [-0.05, 0) is 31.4 Å². The van der Waals surface area contributed by atoms with Crippen LogP contribution in [0.3, 0.4) is 0 Å². The number of alkyl halides is 1. The normalized spacial score (nSPS) is 12.7. The molecule has 0 amide bonds. The fourth-order valence-electron chi connectivity index (χ4n) is 2.63. The van der Waals surface area contributed by atoms with E-state index < -0.39 is 0 Å². The van der Waals surface area contributed by atoms with Crippen LogP contribution in [0.15, 0.2) is 48.8 Å². The lowest BCUT2D eigenvalue weighted by Crippen LogP contribution is -2.05. The number of hydrogen-bond acceptors (Lipinski definition) is 2. The van der Waals surface area contributed by atoms with Crippen LogP contribution in [0.1, 0.15) is 30.1 Å². The average molecular weight is 300 g/mol. The number of rotatable bonds is 5. The Bertz CT molecular complexity index is 719. The summed E-state index contributed by atoms with van der Waals surface area (Å²) in [6.45, 7) is 2.88. The molecule has 0 saturated carbocycles. The van der Waals surface area contributed by atoms with E-state index >= 15 is 0 Å². The molecule has 3 rings (SSSR count). The summed E-state index contributed by atoms with van der Waals surface area (Å²) >= 11 is 6.27. The van der Waals surface area contributed by atoms with E-state index in [2.05, 4.69) is 38.8 Å². The van der Waals surface area contributed by atoms with E-state index in [1.165, 1.54) is 5.56 Å². The van der Waals surface area contributed by atoms with E-state index in [4.69, 9.17) is 11.6 Å². The molecule has 0 radical (unpaired) electrons. The van der Waals surface area contributed by atoms with Gasteiger partial charge in [-0.3, -0.25) is 4.98 Å². The van der Waals surface area contributed by atoms with Crippen molar-refractivity contribution in [2.45, 2.75) is 31.7 Å². The van der Waals surface area contributed by atoms with Crippen molar-refractivity contribution < 1.29 is 0 Å². The van der Waals surface area contributed by atoms with Crippen LogP contribution >= 0.6 is 11.6 Å². The fraction of sp³-hybridized carbons (Fsp3) is 0.294. The number of hydrogen-bond donors (Lipinski definition) is 0. The van der Waals surface area contributed by atoms with Crippen LogP contribution in [-0.2, 0) is 13.0 Å². The molecule has 1 aromatic carbocycles. The molecule has 0 bridgehead atoms. The molecule has 21 heavy (non-hydrogen) atoms. The van der Waals surface area contributed by atoms with E-state index in [0.717, 1.165) is 36.2 Å². The Morgan fingerprint density at radius 2 is 2.00 bits per heavy atom. The summed E-state index contributed by atoms with van der Waals surface area (Å²) in [5.74, 6) is 0.924. The Kier molecular flexibility index (Phi) is 4.20. The van der Waals surface area contributed by atoms with Crippen molar-refractivity contribution in [3.63, 3.8) is 0 Å². The van der Waals surface area contributed by atoms with Crippen LogP contribution < -0.4 is 0 Å². The minimum Gasteiger partial charge on any atom is -0.327 e. The first-order valence-corrected chi connectivity index (χ1v) is 7.67. The van der Waals surface area contributed by atoms with E-state index in [1.54, 1.807) is 12.4 Å². The van der Waals surface area contributed by atoms with Gasteiger partial charge in [-0.1, -0.05) is 30.3 Å². The zero-order valence-corrected chi connectivity index (χ0v) is 12.8. The number of fused-ring (bicyclic) bond motifs is 1. The molecule has 1 atom stereocenters. The van der Waals surface area contributed by atoms with Gasteiger partial charge in [0.05, 0.1) is 17.1 Å². The highest BCUT2D eigenvalue weighted by Crippen LogP contribution is 2.24. The minimum atomic E-state index is -0.103. The van der Waals surface area contributed by atoms with Gasteiger partial charge in [-0.2, -0.15) is 0 Å². The van der Waals surface area contributed by atoms with E-state index in [1.807, 2.05) is 19.1 Å². The molecule has 0 aliphatic heterocycles. The lowest BCUT2D eigenvalue weighted by Gasteiger charge is -2.10. The van der Waals surface area contributed by atoms with Gasteiger partial charge in [-0.15, -0.1) is 11.6 Å². The Morgan fingerprint density at radius 3 is 2.76 bits per heavy atom. The molecule has 0 N–H and O–H groups in total. The van der Waals surface area contributed by atoms with Crippen LogP contribution in [0.4, 0.5) is 0 Å². The zero-order valence-electron chi connectivity index (χ0n) is 12.0. The molecule has 1 unspecified atom stereocenters. The Labute approximate surface area is 129 Å². The van der Waals surface area contributed by atoms with Crippen LogP contribution in [-0.4, -0.2) is 14.5 Å². The highest BCUT2D eigenvalue weighted by molar-refractivity contribution is 6.20. The second kappa shape index (κ2) is 6.27. The smallest absolute Gasteiger partial charge is 0.127 e. The lowest BCUT2D eigenvalue weighted by molar-refractivity contribution is 0.625. The van der Waals surface area contributed by atoms with Gasteiger partial charge in [-0.25, -0.2) is 4.98 Å². The second-order valence-electron chi connectivity index (χ2n) is 5.19. The number of aromatic nitrogens is 3. The van der Waals surface area contributed by atoms with Crippen molar-refractivity contribution in [3.8, 4) is 0 Å². The summed E-state index contributed by atoms with van der Waals surface area (Å²) in [4.78, 5) is 8.74. The summed E-state index contributed by atoms with van der Waals surface area (Å²) < 4.78 is 2.22. The molecular formula is C17H18ClN3. The average Bonchev–Trinajstić information content (AvgIpc) is 2.88. The number of halogens is 1. The van der Waals surface area contributed by atoms with Crippen molar-refractivity contribution in [1.29, 1.82) is 0 Å². The zero-order chi connectivity index (χ0) is 14.7. The minimum absolute atomic E-state index is 0.103. The van der Waals surface area contributed by atoms with Crippen LogP contribution in [0.5, 0.6) is 0 Å². The topological polar surface area (TPSA) is 30.7 Å². The van der Waals surface area contributed by atoms with Gasteiger partial charge in [0.1, 0.15) is 11.3 Å². The standard InChI is InChI=1S/C17H18ClN3/c1-13(18)17-20-15-12-19-10-9-16(15)21(17)11-5-8-14-6-3-2-4-7-14/h2-4,6-7,9-10,12-13H,5,8,11H2,1H3. The predicted octanol–water partition coefficient (Wildman–Crippen LogP) is 4.36. The highest BCUT2D eigenvalue weighted by atomic mass is 35.5. The summed E-state index contributed by atoms with van der Waals surface area (Å²) in [5.41, 5.74) is 3.39. The maximum Gasteiger partial charge on any atom is 0.127 e. The van der Waals surface area contributed by atoms with Gasteiger partial charge < -0.3 is 4.57 Å². The number of pyridine rings is 1. The van der Waals surface area contributed by atoms with Gasteiger partial charge in [0.2, 0.25) is 0 Å². The first-order valence-electron chi connectivity index (χ1n) is 7.24. The SMILES string of the molecule is CC(Cl)c1nc2cnccc2n1CCCc1ccccc1. The second-order valence-corrected chi connectivity index (χ2v) is 5.85. The summed E-state index contributed by atoms with van der Waals surface area (Å²) in [7, 11) is 0. The fourth-order valence-corrected chi connectivity index (χ4v) is 2.79. The molecule has 0 fully saturated rings. The van der Waals surface area contributed by atoms with Crippen molar-refractivity contribution in [2.24, 2.45) is 0 Å². The third-order valence-corrected chi connectivity index (χ3v) is 3.82. The molecule has 2 heterocycles. The molecule has 3 nitrogen and oxygen atoms in total. The molecule has 4 heteroatoms. The molecule has 2 aromatic heterocycles. The Morgan fingerprint density at radius 1 is 1.19 bits per heavy atom. The number of benzene rings is 1. The van der Waals surface area contributed by atoms with Gasteiger partial charge in [0.15, 0.2) is 0 Å². The molecule has 0 spiro atoms. The van der Waals surface area contributed by atoms with E-state index in [-0.39, 0.29) is 5.38 Å². The maximum atomic E-state index is 6.27. The molecule has 0 saturated heterocycles. The summed E-state index contributed by atoms with van der Waals surface area (Å²) in [6.07, 6.45) is 5.72. The Hall–Kier alpha value is -1.87. The van der Waals surface area contributed by atoms with Gasteiger partial charge in [0, 0.05) is 12.7 Å². The third-order valence-electron chi connectivity index (χ3n) is 3.63. The molecule has 3 aromatic rings. The van der Waals surface area contributed by atoms with Gasteiger partial charge >= 0.3 is 0 Å².